The van der Waals surface area contributed by atoms with Crippen LogP contribution in [-0.2, 0) is 9.53 Å². The summed E-state index contributed by atoms with van der Waals surface area (Å²) in [7, 11) is 0. The van der Waals surface area contributed by atoms with Gasteiger partial charge in [-0.15, -0.1) is 5.10 Å². The zero-order chi connectivity index (χ0) is 14.1. The van der Waals surface area contributed by atoms with Crippen molar-refractivity contribution in [2.24, 2.45) is 5.10 Å². The van der Waals surface area contributed by atoms with Crippen molar-refractivity contribution in [1.29, 1.82) is 0 Å². The van der Waals surface area contributed by atoms with Crippen LogP contribution in [0.2, 0.25) is 0 Å². The first kappa shape index (κ1) is 13.2. The predicted octanol–water partition coefficient (Wildman–Crippen LogP) is 3.12. The molecule has 0 fully saturated rings. The van der Waals surface area contributed by atoms with Crippen molar-refractivity contribution in [1.82, 2.24) is 5.01 Å². The molecule has 1 aromatic heterocycles. The van der Waals surface area contributed by atoms with E-state index in [1.54, 1.807) is 18.4 Å². The third-order valence-electron chi connectivity index (χ3n) is 2.82. The Morgan fingerprint density at radius 3 is 2.85 bits per heavy atom. The smallest absolute Gasteiger partial charge is 0.254 e. The monoisotopic (exact) mass is 382 g/mol. The molecule has 6 heteroatoms. The molecule has 2 aromatic rings. The molecule has 0 unspecified atom stereocenters. The van der Waals surface area contributed by atoms with Crippen molar-refractivity contribution in [2.75, 3.05) is 0 Å². The number of hydrogen-bond acceptors (Lipinski definition) is 4. The molecule has 1 atom stereocenters. The minimum Gasteiger partial charge on any atom is -0.463 e. The number of benzene rings is 1. The van der Waals surface area contributed by atoms with Crippen LogP contribution in [0.4, 0.5) is 0 Å². The van der Waals surface area contributed by atoms with Crippen LogP contribution in [0.25, 0.3) is 0 Å². The Morgan fingerprint density at radius 1 is 1.35 bits per heavy atom. The van der Waals surface area contributed by atoms with Gasteiger partial charge >= 0.3 is 0 Å². The lowest BCUT2D eigenvalue weighted by Crippen LogP contribution is -2.24. The van der Waals surface area contributed by atoms with Gasteiger partial charge in [0.25, 0.3) is 6.23 Å². The van der Waals surface area contributed by atoms with E-state index in [-0.39, 0.29) is 5.91 Å². The number of hydrazone groups is 1. The molecule has 0 saturated carbocycles. The van der Waals surface area contributed by atoms with E-state index in [4.69, 9.17) is 9.15 Å². The number of nitrogens with zero attached hydrogens (tertiary/aromatic N) is 2. The highest BCUT2D eigenvalue weighted by Gasteiger charge is 2.34. The van der Waals surface area contributed by atoms with E-state index < -0.39 is 6.23 Å². The van der Waals surface area contributed by atoms with Crippen LogP contribution in [0.5, 0.6) is 0 Å². The van der Waals surface area contributed by atoms with Crippen molar-refractivity contribution in [2.45, 2.75) is 13.2 Å². The maximum atomic E-state index is 11.7. The average Bonchev–Trinajstić information content (AvgIpc) is 3.08. The van der Waals surface area contributed by atoms with Crippen LogP contribution in [0.1, 0.15) is 24.5 Å². The number of rotatable bonds is 2. The molecule has 5 nitrogen and oxygen atoms in total. The van der Waals surface area contributed by atoms with Crippen molar-refractivity contribution in [3.8, 4) is 0 Å². The average molecular weight is 382 g/mol. The summed E-state index contributed by atoms with van der Waals surface area (Å²) in [5, 5.41) is 5.54. The molecule has 0 bridgehead atoms. The van der Waals surface area contributed by atoms with Crippen LogP contribution in [-0.4, -0.2) is 16.8 Å². The van der Waals surface area contributed by atoms with Gasteiger partial charge in [-0.2, -0.15) is 5.01 Å². The minimum atomic E-state index is -0.643. The lowest BCUT2D eigenvalue weighted by atomic mass is 10.2. The second-order valence-electron chi connectivity index (χ2n) is 4.26. The van der Waals surface area contributed by atoms with Gasteiger partial charge in [-0.1, -0.05) is 6.07 Å². The highest BCUT2D eigenvalue weighted by molar-refractivity contribution is 14.1. The standard InChI is InChI=1S/C14H11IN2O3/c1-9(18)17-14(12-6-3-7-19-12)20-13(16-17)10-4-2-5-11(15)8-10/h2-8,14H,1H3/t14-/m1/s1. The summed E-state index contributed by atoms with van der Waals surface area (Å²) < 4.78 is 12.2. The summed E-state index contributed by atoms with van der Waals surface area (Å²) in [6.45, 7) is 1.44. The Kier molecular flexibility index (Phi) is 3.47. The van der Waals surface area contributed by atoms with Gasteiger partial charge < -0.3 is 9.15 Å². The quantitative estimate of drug-likeness (QED) is 0.751. The second kappa shape index (κ2) is 5.28. The third kappa shape index (κ3) is 2.43. The topological polar surface area (TPSA) is 55.0 Å². The first-order valence-corrected chi connectivity index (χ1v) is 7.07. The van der Waals surface area contributed by atoms with Gasteiger partial charge in [-0.3, -0.25) is 4.79 Å². The van der Waals surface area contributed by atoms with Crippen LogP contribution in [0.3, 0.4) is 0 Å². The molecule has 3 rings (SSSR count). The van der Waals surface area contributed by atoms with Gasteiger partial charge in [0.15, 0.2) is 5.76 Å². The van der Waals surface area contributed by atoms with Gasteiger partial charge in [-0.05, 0) is 52.9 Å². The molecule has 1 aliphatic heterocycles. The molecule has 1 amide bonds. The molecule has 0 N–H and O–H groups in total. The van der Waals surface area contributed by atoms with E-state index in [9.17, 15) is 4.79 Å². The van der Waals surface area contributed by atoms with E-state index in [2.05, 4.69) is 27.7 Å². The normalized spacial score (nSPS) is 17.8. The molecule has 102 valence electrons. The largest absolute Gasteiger partial charge is 0.463 e. The van der Waals surface area contributed by atoms with E-state index >= 15 is 0 Å². The maximum Gasteiger partial charge on any atom is 0.254 e. The number of amides is 1. The summed E-state index contributed by atoms with van der Waals surface area (Å²) in [4.78, 5) is 11.7. The number of halogens is 1. The van der Waals surface area contributed by atoms with Crippen LogP contribution < -0.4 is 0 Å². The molecular formula is C14H11IN2O3. The highest BCUT2D eigenvalue weighted by Crippen LogP contribution is 2.30. The van der Waals surface area contributed by atoms with E-state index in [0.717, 1.165) is 9.13 Å². The first-order valence-electron chi connectivity index (χ1n) is 5.99. The van der Waals surface area contributed by atoms with Crippen LogP contribution in [0, 0.1) is 3.57 Å². The molecule has 1 aliphatic rings. The van der Waals surface area contributed by atoms with Crippen LogP contribution >= 0.6 is 22.6 Å². The van der Waals surface area contributed by atoms with Crippen molar-refractivity contribution in [3.05, 3.63) is 57.6 Å². The molecule has 20 heavy (non-hydrogen) atoms. The van der Waals surface area contributed by atoms with Gasteiger partial charge in [0.05, 0.1) is 6.26 Å². The molecule has 0 spiro atoms. The van der Waals surface area contributed by atoms with Gasteiger partial charge in [0.1, 0.15) is 0 Å². The summed E-state index contributed by atoms with van der Waals surface area (Å²) in [6, 6.07) is 11.2. The van der Waals surface area contributed by atoms with Crippen molar-refractivity contribution >= 4 is 34.4 Å². The zero-order valence-corrected chi connectivity index (χ0v) is 12.8. The summed E-state index contributed by atoms with van der Waals surface area (Å²) in [5.74, 6) is 0.761. The Balaban J connectivity index is 1.95. The lowest BCUT2D eigenvalue weighted by molar-refractivity contribution is -0.136. The fourth-order valence-electron chi connectivity index (χ4n) is 1.92. The summed E-state index contributed by atoms with van der Waals surface area (Å²) >= 11 is 2.22. The van der Waals surface area contributed by atoms with Gasteiger partial charge in [0.2, 0.25) is 11.8 Å². The molecule has 0 radical (unpaired) electrons. The number of furan rings is 1. The van der Waals surface area contributed by atoms with Crippen molar-refractivity contribution in [3.63, 3.8) is 0 Å². The zero-order valence-electron chi connectivity index (χ0n) is 10.6. The third-order valence-corrected chi connectivity index (χ3v) is 3.50. The number of ether oxygens (including phenoxy) is 1. The molecular weight excluding hydrogens is 371 g/mol. The summed E-state index contributed by atoms with van der Waals surface area (Å²) in [6.07, 6.45) is 0.899. The van der Waals surface area contributed by atoms with Gasteiger partial charge in [-0.25, -0.2) is 0 Å². The lowest BCUT2D eigenvalue weighted by Gasteiger charge is -2.16. The maximum absolute atomic E-state index is 11.7. The fourth-order valence-corrected chi connectivity index (χ4v) is 2.47. The molecule has 0 aliphatic carbocycles. The molecule has 0 saturated heterocycles. The fraction of sp³-hybridized carbons (Fsp3) is 0.143. The Labute approximate surface area is 129 Å². The molecule has 1 aromatic carbocycles. The van der Waals surface area contributed by atoms with E-state index in [1.807, 2.05) is 24.3 Å². The minimum absolute atomic E-state index is 0.202. The number of carbonyl (C=O) groups excluding carboxylic acids is 1. The van der Waals surface area contributed by atoms with Gasteiger partial charge in [0, 0.05) is 16.1 Å². The molecule has 2 heterocycles. The van der Waals surface area contributed by atoms with Crippen LogP contribution in [0.15, 0.2) is 52.2 Å². The number of hydrogen-bond donors (Lipinski definition) is 0. The van der Waals surface area contributed by atoms with E-state index in [1.165, 1.54) is 11.9 Å². The highest BCUT2D eigenvalue weighted by atomic mass is 127. The van der Waals surface area contributed by atoms with Crippen molar-refractivity contribution < 1.29 is 13.9 Å². The SMILES string of the molecule is CC(=O)N1N=C(c2cccc(I)c2)O[C@@H]1c1ccco1. The van der Waals surface area contributed by atoms with E-state index in [0.29, 0.717) is 11.7 Å². The predicted molar refractivity (Wildman–Crippen MR) is 80.8 cm³/mol. The Hall–Kier alpha value is -1.83. The summed E-state index contributed by atoms with van der Waals surface area (Å²) in [5.41, 5.74) is 0.831. The Morgan fingerprint density at radius 2 is 2.20 bits per heavy atom. The first-order chi connectivity index (χ1) is 9.65. The number of carbonyl (C=O) groups is 1. The Bertz CT molecular complexity index is 667. The second-order valence-corrected chi connectivity index (χ2v) is 5.51.